The van der Waals surface area contributed by atoms with Gasteiger partial charge in [-0.2, -0.15) is 0 Å². The van der Waals surface area contributed by atoms with Crippen LogP contribution < -0.4 is 5.73 Å². The summed E-state index contributed by atoms with van der Waals surface area (Å²) in [6.45, 7) is 4.41. The normalized spacial score (nSPS) is 27.0. The van der Waals surface area contributed by atoms with Gasteiger partial charge in [-0.1, -0.05) is 13.8 Å². The third kappa shape index (κ3) is 3.25. The molecule has 1 aliphatic carbocycles. The molecule has 2 N–H and O–H groups in total. The first-order valence-electron chi connectivity index (χ1n) is 6.73. The van der Waals surface area contributed by atoms with Crippen molar-refractivity contribution in [1.82, 2.24) is 0 Å². The molecule has 0 aliphatic heterocycles. The SMILES string of the molecule is CC1CCC(OC(=O)c2ccc(F)c(N)c2)CC1C. The number of anilines is 1. The smallest absolute Gasteiger partial charge is 0.338 e. The number of esters is 1. The summed E-state index contributed by atoms with van der Waals surface area (Å²) >= 11 is 0. The Kier molecular flexibility index (Phi) is 4.08. The maximum Gasteiger partial charge on any atom is 0.338 e. The van der Waals surface area contributed by atoms with Crippen molar-refractivity contribution in [1.29, 1.82) is 0 Å². The van der Waals surface area contributed by atoms with Gasteiger partial charge in [-0.25, -0.2) is 9.18 Å². The molecule has 1 fully saturated rings. The van der Waals surface area contributed by atoms with E-state index in [2.05, 4.69) is 13.8 Å². The maximum atomic E-state index is 13.0. The molecule has 4 heteroatoms. The van der Waals surface area contributed by atoms with Crippen molar-refractivity contribution < 1.29 is 13.9 Å². The highest BCUT2D eigenvalue weighted by Gasteiger charge is 2.27. The van der Waals surface area contributed by atoms with Crippen LogP contribution in [-0.2, 0) is 4.74 Å². The maximum absolute atomic E-state index is 13.0. The van der Waals surface area contributed by atoms with Gasteiger partial charge in [0, 0.05) is 0 Å². The number of benzene rings is 1. The lowest BCUT2D eigenvalue weighted by atomic mass is 9.80. The zero-order chi connectivity index (χ0) is 14.0. The van der Waals surface area contributed by atoms with E-state index in [0.717, 1.165) is 19.3 Å². The van der Waals surface area contributed by atoms with Gasteiger partial charge in [-0.05, 0) is 49.3 Å². The Hall–Kier alpha value is -1.58. The Morgan fingerprint density at radius 1 is 1.32 bits per heavy atom. The van der Waals surface area contributed by atoms with E-state index in [1.54, 1.807) is 0 Å². The molecule has 0 aromatic heterocycles. The average Bonchev–Trinajstić information content (AvgIpc) is 2.37. The van der Waals surface area contributed by atoms with Crippen LogP contribution in [0.3, 0.4) is 0 Å². The predicted molar refractivity (Wildman–Crippen MR) is 72.2 cm³/mol. The summed E-state index contributed by atoms with van der Waals surface area (Å²) in [5.41, 5.74) is 5.73. The minimum atomic E-state index is -0.517. The number of carbonyl (C=O) groups excluding carboxylic acids is 1. The summed E-state index contributed by atoms with van der Waals surface area (Å²) < 4.78 is 18.5. The van der Waals surface area contributed by atoms with Crippen molar-refractivity contribution in [2.45, 2.75) is 39.2 Å². The molecule has 0 amide bonds. The molecule has 0 radical (unpaired) electrons. The van der Waals surface area contributed by atoms with Crippen molar-refractivity contribution in [3.63, 3.8) is 0 Å². The van der Waals surface area contributed by atoms with Gasteiger partial charge in [0.05, 0.1) is 11.3 Å². The lowest BCUT2D eigenvalue weighted by molar-refractivity contribution is 0.00879. The molecule has 1 aromatic carbocycles. The van der Waals surface area contributed by atoms with E-state index in [4.69, 9.17) is 10.5 Å². The summed E-state index contributed by atoms with van der Waals surface area (Å²) in [6, 6.07) is 3.92. The summed E-state index contributed by atoms with van der Waals surface area (Å²) in [5.74, 6) is 0.302. The molecule has 1 aliphatic rings. The van der Waals surface area contributed by atoms with Crippen LogP contribution in [0.25, 0.3) is 0 Å². The average molecular weight is 265 g/mol. The number of nitrogens with two attached hydrogens (primary N) is 1. The van der Waals surface area contributed by atoms with Gasteiger partial charge in [0.1, 0.15) is 11.9 Å². The number of rotatable bonds is 2. The van der Waals surface area contributed by atoms with Crippen LogP contribution >= 0.6 is 0 Å². The van der Waals surface area contributed by atoms with E-state index in [1.807, 2.05) is 0 Å². The molecule has 3 nitrogen and oxygen atoms in total. The fraction of sp³-hybridized carbons (Fsp3) is 0.533. The van der Waals surface area contributed by atoms with E-state index < -0.39 is 11.8 Å². The van der Waals surface area contributed by atoms with Gasteiger partial charge in [-0.15, -0.1) is 0 Å². The highest BCUT2D eigenvalue weighted by molar-refractivity contribution is 5.90. The van der Waals surface area contributed by atoms with E-state index in [0.29, 0.717) is 17.4 Å². The minimum Gasteiger partial charge on any atom is -0.459 e. The van der Waals surface area contributed by atoms with Crippen molar-refractivity contribution in [3.05, 3.63) is 29.6 Å². The number of hydrogen-bond acceptors (Lipinski definition) is 3. The van der Waals surface area contributed by atoms with Crippen LogP contribution in [0.15, 0.2) is 18.2 Å². The third-order valence-electron chi connectivity index (χ3n) is 4.06. The molecule has 3 atom stereocenters. The van der Waals surface area contributed by atoms with Crippen LogP contribution in [0, 0.1) is 17.7 Å². The number of hydrogen-bond donors (Lipinski definition) is 1. The lowest BCUT2D eigenvalue weighted by Crippen LogP contribution is -2.28. The second-order valence-corrected chi connectivity index (χ2v) is 5.53. The Labute approximate surface area is 112 Å². The Morgan fingerprint density at radius 3 is 2.68 bits per heavy atom. The zero-order valence-corrected chi connectivity index (χ0v) is 11.4. The van der Waals surface area contributed by atoms with Crippen molar-refractivity contribution in [2.24, 2.45) is 11.8 Å². The van der Waals surface area contributed by atoms with Crippen LogP contribution in [-0.4, -0.2) is 12.1 Å². The van der Waals surface area contributed by atoms with Gasteiger partial charge in [0.15, 0.2) is 0 Å². The molecule has 0 spiro atoms. The standard InChI is InChI=1S/C15H20FNO2/c1-9-3-5-12(7-10(9)2)19-15(18)11-4-6-13(16)14(17)8-11/h4,6,8-10,12H,3,5,7,17H2,1-2H3. The molecular formula is C15H20FNO2. The number of halogens is 1. The van der Waals surface area contributed by atoms with Crippen LogP contribution in [0.4, 0.5) is 10.1 Å². The van der Waals surface area contributed by atoms with Gasteiger partial charge in [0.2, 0.25) is 0 Å². The highest BCUT2D eigenvalue weighted by Crippen LogP contribution is 2.31. The van der Waals surface area contributed by atoms with E-state index in [1.165, 1.54) is 18.2 Å². The largest absolute Gasteiger partial charge is 0.459 e. The van der Waals surface area contributed by atoms with E-state index >= 15 is 0 Å². The summed E-state index contributed by atoms with van der Waals surface area (Å²) in [4.78, 5) is 12.0. The fourth-order valence-corrected chi connectivity index (χ4v) is 2.50. The van der Waals surface area contributed by atoms with Gasteiger partial charge in [0.25, 0.3) is 0 Å². The summed E-state index contributed by atoms with van der Waals surface area (Å²) in [5, 5.41) is 0. The predicted octanol–water partition coefficient (Wildman–Crippen LogP) is 3.39. The first kappa shape index (κ1) is 13.8. The molecule has 0 saturated heterocycles. The first-order chi connectivity index (χ1) is 8.97. The molecule has 1 saturated carbocycles. The zero-order valence-electron chi connectivity index (χ0n) is 11.4. The topological polar surface area (TPSA) is 52.3 Å². The molecule has 1 aromatic rings. The summed E-state index contributed by atoms with van der Waals surface area (Å²) in [7, 11) is 0. The Bertz CT molecular complexity index is 475. The van der Waals surface area contributed by atoms with Gasteiger partial charge < -0.3 is 10.5 Å². The number of carbonyl (C=O) groups is 1. The fourth-order valence-electron chi connectivity index (χ4n) is 2.50. The quantitative estimate of drug-likeness (QED) is 0.658. The molecule has 19 heavy (non-hydrogen) atoms. The molecule has 0 bridgehead atoms. The Morgan fingerprint density at radius 2 is 2.05 bits per heavy atom. The number of nitrogen functional groups attached to an aromatic ring is 1. The van der Waals surface area contributed by atoms with E-state index in [-0.39, 0.29) is 11.8 Å². The van der Waals surface area contributed by atoms with Crippen LogP contribution in [0.5, 0.6) is 0 Å². The lowest BCUT2D eigenvalue weighted by Gasteiger charge is -2.31. The Balaban J connectivity index is 1.99. The first-order valence-corrected chi connectivity index (χ1v) is 6.73. The number of ether oxygens (including phenoxy) is 1. The highest BCUT2D eigenvalue weighted by atomic mass is 19.1. The van der Waals surface area contributed by atoms with Crippen molar-refractivity contribution in [3.8, 4) is 0 Å². The second-order valence-electron chi connectivity index (χ2n) is 5.53. The van der Waals surface area contributed by atoms with Crippen LogP contribution in [0.1, 0.15) is 43.5 Å². The molecular weight excluding hydrogens is 245 g/mol. The van der Waals surface area contributed by atoms with E-state index in [9.17, 15) is 9.18 Å². The van der Waals surface area contributed by atoms with Crippen molar-refractivity contribution in [2.75, 3.05) is 5.73 Å². The minimum absolute atomic E-state index is 0.0277. The van der Waals surface area contributed by atoms with Gasteiger partial charge >= 0.3 is 5.97 Å². The van der Waals surface area contributed by atoms with Gasteiger partial charge in [-0.3, -0.25) is 0 Å². The molecule has 2 rings (SSSR count). The molecule has 104 valence electrons. The molecule has 0 heterocycles. The van der Waals surface area contributed by atoms with Crippen LogP contribution in [0.2, 0.25) is 0 Å². The molecule has 3 unspecified atom stereocenters. The van der Waals surface area contributed by atoms with Crippen molar-refractivity contribution >= 4 is 11.7 Å². The monoisotopic (exact) mass is 265 g/mol. The summed E-state index contributed by atoms with van der Waals surface area (Å²) in [6.07, 6.45) is 2.83. The third-order valence-corrected chi connectivity index (χ3v) is 4.06. The second kappa shape index (κ2) is 5.59.